The summed E-state index contributed by atoms with van der Waals surface area (Å²) in [6.45, 7) is 1.56. The van der Waals surface area contributed by atoms with E-state index in [1.807, 2.05) is 30.3 Å². The minimum Gasteiger partial charge on any atom is -0.493 e. The van der Waals surface area contributed by atoms with Crippen LogP contribution in [0.1, 0.15) is 42.9 Å². The minimum absolute atomic E-state index is 0.0883. The molecule has 0 bridgehead atoms. The van der Waals surface area contributed by atoms with E-state index in [9.17, 15) is 4.79 Å². The number of carbonyl (C=O) groups excluding carboxylic acids is 1. The number of para-hydroxylation sites is 1. The summed E-state index contributed by atoms with van der Waals surface area (Å²) in [4.78, 5) is 14.4. The Labute approximate surface area is 193 Å². The Morgan fingerprint density at radius 1 is 1.03 bits per heavy atom. The zero-order chi connectivity index (χ0) is 22.8. The van der Waals surface area contributed by atoms with Gasteiger partial charge in [-0.3, -0.25) is 0 Å². The molecule has 7 heteroatoms. The number of hydrogen-bond acceptors (Lipinski definition) is 5. The lowest BCUT2D eigenvalue weighted by atomic mass is 9.96. The Kier molecular flexibility index (Phi) is 6.03. The maximum atomic E-state index is 12.6. The number of furan rings is 1. The van der Waals surface area contributed by atoms with Crippen molar-refractivity contribution in [2.24, 2.45) is 0 Å². The Hall–Kier alpha value is -3.35. The molecule has 7 nitrogen and oxygen atoms in total. The second-order valence-electron chi connectivity index (χ2n) is 8.79. The zero-order valence-electron chi connectivity index (χ0n) is 19.1. The standard InChI is InChI=1S/C26H30N2O5/c1-30-22-11-10-17(13-24(22)32-20-7-3-4-8-20)19-14-27-26(29)28(15-19)16-21-12-18-6-5-9-23(31-2)25(18)33-21/h5-6,9-13,19-20H,3-4,7-8,14-16H2,1-2H3,(H,27,29). The van der Waals surface area contributed by atoms with Crippen LogP contribution in [0, 0.1) is 0 Å². The van der Waals surface area contributed by atoms with Crippen LogP contribution in [0.3, 0.4) is 0 Å². The average Bonchev–Trinajstić information content (AvgIpc) is 3.49. The van der Waals surface area contributed by atoms with Gasteiger partial charge in [-0.05, 0) is 55.5 Å². The van der Waals surface area contributed by atoms with Gasteiger partial charge in [0.1, 0.15) is 5.76 Å². The van der Waals surface area contributed by atoms with E-state index in [-0.39, 0.29) is 18.1 Å². The summed E-state index contributed by atoms with van der Waals surface area (Å²) in [5, 5.41) is 3.99. The summed E-state index contributed by atoms with van der Waals surface area (Å²) in [5.41, 5.74) is 1.83. The first-order valence-corrected chi connectivity index (χ1v) is 11.6. The summed E-state index contributed by atoms with van der Waals surface area (Å²) in [6, 6.07) is 13.8. The molecule has 1 unspecified atom stereocenters. The third kappa shape index (κ3) is 4.45. The Morgan fingerprint density at radius 2 is 1.85 bits per heavy atom. The van der Waals surface area contributed by atoms with E-state index in [0.29, 0.717) is 31.0 Å². The average molecular weight is 451 g/mol. The molecule has 1 saturated heterocycles. The van der Waals surface area contributed by atoms with Crippen LogP contribution in [0.4, 0.5) is 4.79 Å². The second-order valence-corrected chi connectivity index (χ2v) is 8.79. The monoisotopic (exact) mass is 450 g/mol. The van der Waals surface area contributed by atoms with Crippen molar-refractivity contribution in [3.63, 3.8) is 0 Å². The van der Waals surface area contributed by atoms with Crippen LogP contribution in [0.5, 0.6) is 17.2 Å². The highest BCUT2D eigenvalue weighted by molar-refractivity contribution is 5.84. The van der Waals surface area contributed by atoms with Gasteiger partial charge in [-0.15, -0.1) is 0 Å². The smallest absolute Gasteiger partial charge is 0.317 e. The van der Waals surface area contributed by atoms with Gasteiger partial charge in [-0.25, -0.2) is 4.79 Å². The van der Waals surface area contributed by atoms with Crippen molar-refractivity contribution in [3.05, 3.63) is 53.8 Å². The van der Waals surface area contributed by atoms with Gasteiger partial charge in [-0.1, -0.05) is 18.2 Å². The van der Waals surface area contributed by atoms with Crippen molar-refractivity contribution < 1.29 is 23.4 Å². The van der Waals surface area contributed by atoms with E-state index < -0.39 is 0 Å². The molecule has 174 valence electrons. The van der Waals surface area contributed by atoms with Gasteiger partial charge >= 0.3 is 6.03 Å². The topological polar surface area (TPSA) is 73.2 Å². The van der Waals surface area contributed by atoms with E-state index in [0.717, 1.165) is 41.1 Å². The van der Waals surface area contributed by atoms with Crippen LogP contribution in [-0.4, -0.2) is 44.3 Å². The van der Waals surface area contributed by atoms with Crippen LogP contribution in [0.2, 0.25) is 0 Å². The number of urea groups is 1. The first-order valence-electron chi connectivity index (χ1n) is 11.6. The molecule has 3 aromatic rings. The second kappa shape index (κ2) is 9.25. The van der Waals surface area contributed by atoms with Crippen molar-refractivity contribution in [2.45, 2.75) is 44.2 Å². The molecule has 2 aromatic carbocycles. The van der Waals surface area contributed by atoms with Gasteiger partial charge in [0.25, 0.3) is 0 Å². The first kappa shape index (κ1) is 21.5. The number of nitrogens with zero attached hydrogens (tertiary/aromatic N) is 1. The summed E-state index contributed by atoms with van der Waals surface area (Å²) in [5.74, 6) is 3.09. The molecular formula is C26H30N2O5. The Morgan fingerprint density at radius 3 is 2.64 bits per heavy atom. The number of rotatable bonds is 7. The maximum absolute atomic E-state index is 12.6. The highest BCUT2D eigenvalue weighted by atomic mass is 16.5. The van der Waals surface area contributed by atoms with Gasteiger partial charge in [0.15, 0.2) is 22.8 Å². The van der Waals surface area contributed by atoms with Crippen LogP contribution in [-0.2, 0) is 6.54 Å². The SMILES string of the molecule is COc1ccc(C2CNC(=O)N(Cc3cc4cccc(OC)c4o3)C2)cc1OC1CCCC1. The number of methoxy groups -OCH3 is 2. The van der Waals surface area contributed by atoms with Crippen molar-refractivity contribution in [1.82, 2.24) is 10.2 Å². The molecule has 33 heavy (non-hydrogen) atoms. The van der Waals surface area contributed by atoms with Crippen LogP contribution < -0.4 is 19.5 Å². The van der Waals surface area contributed by atoms with E-state index >= 15 is 0 Å². The molecule has 1 atom stereocenters. The molecule has 1 aliphatic carbocycles. The molecular weight excluding hydrogens is 420 g/mol. The van der Waals surface area contributed by atoms with Crippen molar-refractivity contribution >= 4 is 17.0 Å². The molecule has 2 amide bonds. The molecule has 2 fully saturated rings. The Balaban J connectivity index is 1.34. The fourth-order valence-electron chi connectivity index (χ4n) is 4.84. The quantitative estimate of drug-likeness (QED) is 0.543. The van der Waals surface area contributed by atoms with E-state index in [2.05, 4.69) is 17.4 Å². The third-order valence-corrected chi connectivity index (χ3v) is 6.61. The lowest BCUT2D eigenvalue weighted by Gasteiger charge is -2.33. The van der Waals surface area contributed by atoms with Crippen LogP contribution in [0.25, 0.3) is 11.0 Å². The zero-order valence-corrected chi connectivity index (χ0v) is 19.1. The van der Waals surface area contributed by atoms with Gasteiger partial charge in [0, 0.05) is 24.4 Å². The predicted molar refractivity (Wildman–Crippen MR) is 125 cm³/mol. The summed E-state index contributed by atoms with van der Waals surface area (Å²) >= 11 is 0. The molecule has 0 radical (unpaired) electrons. The van der Waals surface area contributed by atoms with Gasteiger partial charge in [0.05, 0.1) is 26.9 Å². The van der Waals surface area contributed by atoms with Gasteiger partial charge < -0.3 is 28.8 Å². The first-order chi connectivity index (χ1) is 16.1. The number of amides is 2. The predicted octanol–water partition coefficient (Wildman–Crippen LogP) is 5.08. The lowest BCUT2D eigenvalue weighted by molar-refractivity contribution is 0.171. The molecule has 1 aliphatic heterocycles. The number of nitrogens with one attached hydrogen (secondary N) is 1. The highest BCUT2D eigenvalue weighted by Gasteiger charge is 2.28. The van der Waals surface area contributed by atoms with Crippen molar-refractivity contribution in [3.8, 4) is 17.2 Å². The molecule has 2 aliphatic rings. The number of benzene rings is 2. The molecule has 1 N–H and O–H groups in total. The molecule has 5 rings (SSSR count). The lowest BCUT2D eigenvalue weighted by Crippen LogP contribution is -2.49. The summed E-state index contributed by atoms with van der Waals surface area (Å²) < 4.78 is 23.2. The fourth-order valence-corrected chi connectivity index (χ4v) is 4.84. The van der Waals surface area contributed by atoms with Crippen molar-refractivity contribution in [1.29, 1.82) is 0 Å². The molecule has 0 spiro atoms. The van der Waals surface area contributed by atoms with E-state index in [4.69, 9.17) is 18.6 Å². The summed E-state index contributed by atoms with van der Waals surface area (Å²) in [7, 11) is 3.29. The number of hydrogen-bond donors (Lipinski definition) is 1. The molecule has 2 heterocycles. The largest absolute Gasteiger partial charge is 0.493 e. The van der Waals surface area contributed by atoms with E-state index in [1.54, 1.807) is 19.1 Å². The van der Waals surface area contributed by atoms with Gasteiger partial charge in [0.2, 0.25) is 0 Å². The van der Waals surface area contributed by atoms with Gasteiger partial charge in [-0.2, -0.15) is 0 Å². The van der Waals surface area contributed by atoms with Crippen LogP contribution >= 0.6 is 0 Å². The Bertz CT molecular complexity index is 1130. The molecule has 1 aromatic heterocycles. The van der Waals surface area contributed by atoms with Crippen LogP contribution in [0.15, 0.2) is 46.9 Å². The summed E-state index contributed by atoms with van der Waals surface area (Å²) in [6.07, 6.45) is 4.85. The van der Waals surface area contributed by atoms with Crippen molar-refractivity contribution in [2.75, 3.05) is 27.3 Å². The number of ether oxygens (including phenoxy) is 3. The fraction of sp³-hybridized carbons (Fsp3) is 0.423. The normalized spacial score (nSPS) is 19.0. The highest BCUT2D eigenvalue weighted by Crippen LogP contribution is 2.35. The number of fused-ring (bicyclic) bond motifs is 1. The molecule has 1 saturated carbocycles. The minimum atomic E-state index is -0.0883. The maximum Gasteiger partial charge on any atom is 0.317 e. The number of carbonyl (C=O) groups is 1. The third-order valence-electron chi connectivity index (χ3n) is 6.61. The van der Waals surface area contributed by atoms with E-state index in [1.165, 1.54) is 12.8 Å².